The van der Waals surface area contributed by atoms with Crippen LogP contribution in [0.3, 0.4) is 0 Å². The van der Waals surface area contributed by atoms with Crippen molar-refractivity contribution in [3.05, 3.63) is 70.7 Å². The monoisotopic (exact) mass is 400 g/mol. The number of nitrogens with one attached hydrogen (secondary N) is 1. The Bertz CT molecular complexity index is 1300. The van der Waals surface area contributed by atoms with E-state index in [1.807, 2.05) is 40.7 Å². The van der Waals surface area contributed by atoms with Crippen LogP contribution in [-0.4, -0.2) is 42.1 Å². The first kappa shape index (κ1) is 17.7. The second-order valence-corrected chi connectivity index (χ2v) is 8.66. The average Bonchev–Trinajstić information content (AvgIpc) is 3.35. The molecule has 2 atom stereocenters. The van der Waals surface area contributed by atoms with Crippen molar-refractivity contribution in [2.45, 2.75) is 25.4 Å². The molecule has 4 aromatic rings. The lowest BCUT2D eigenvalue weighted by molar-refractivity contribution is 0.115. The van der Waals surface area contributed by atoms with Crippen molar-refractivity contribution in [2.75, 3.05) is 13.1 Å². The molecule has 6 heterocycles. The van der Waals surface area contributed by atoms with Crippen LogP contribution in [0.25, 0.3) is 22.4 Å². The Hall–Kier alpha value is -3.19. The highest BCUT2D eigenvalue weighted by Crippen LogP contribution is 2.36. The van der Waals surface area contributed by atoms with Gasteiger partial charge < -0.3 is 14.1 Å². The van der Waals surface area contributed by atoms with E-state index in [0.717, 1.165) is 44.1 Å². The predicted molar refractivity (Wildman–Crippen MR) is 115 cm³/mol. The summed E-state index contributed by atoms with van der Waals surface area (Å²) in [5, 5.41) is 1.20. The van der Waals surface area contributed by atoms with Crippen LogP contribution in [0, 0.1) is 5.92 Å². The molecule has 2 bridgehead atoms. The molecule has 6 rings (SSSR count). The summed E-state index contributed by atoms with van der Waals surface area (Å²) >= 11 is 0. The molecule has 0 saturated carbocycles. The zero-order chi connectivity index (χ0) is 20.2. The zero-order valence-corrected chi connectivity index (χ0v) is 17.0. The van der Waals surface area contributed by atoms with Crippen molar-refractivity contribution in [1.29, 1.82) is 0 Å². The number of likely N-dealkylation sites (tertiary alicyclic amines) is 1. The maximum Gasteiger partial charge on any atom is 0.261 e. The Labute approximate surface area is 174 Å². The molecule has 0 aromatic carbocycles. The maximum absolute atomic E-state index is 13.3. The van der Waals surface area contributed by atoms with E-state index in [9.17, 15) is 4.79 Å². The summed E-state index contributed by atoms with van der Waals surface area (Å²) in [4.78, 5) is 27.9. The van der Waals surface area contributed by atoms with Crippen LogP contribution in [0.1, 0.15) is 23.6 Å². The number of aromatic nitrogens is 5. The van der Waals surface area contributed by atoms with Gasteiger partial charge in [-0.2, -0.15) is 0 Å². The van der Waals surface area contributed by atoms with Crippen molar-refractivity contribution in [1.82, 2.24) is 29.0 Å². The minimum absolute atomic E-state index is 0.0904. The predicted octanol–water partition coefficient (Wildman–Crippen LogP) is 2.74. The van der Waals surface area contributed by atoms with Gasteiger partial charge >= 0.3 is 0 Å². The summed E-state index contributed by atoms with van der Waals surface area (Å²) < 4.78 is 3.92. The van der Waals surface area contributed by atoms with E-state index in [1.165, 1.54) is 16.6 Å². The lowest BCUT2D eigenvalue weighted by atomic mass is 9.82. The fraction of sp³-hybridized carbons (Fsp3) is 0.348. The molecule has 0 unspecified atom stereocenters. The van der Waals surface area contributed by atoms with E-state index in [1.54, 1.807) is 6.20 Å². The Morgan fingerprint density at radius 2 is 2.07 bits per heavy atom. The van der Waals surface area contributed by atoms with Gasteiger partial charge in [0.1, 0.15) is 11.5 Å². The minimum Gasteiger partial charge on any atom is -0.346 e. The highest BCUT2D eigenvalue weighted by molar-refractivity contribution is 5.79. The molecule has 0 radical (unpaired) electrons. The van der Waals surface area contributed by atoms with Crippen molar-refractivity contribution in [3.63, 3.8) is 0 Å². The fourth-order valence-electron chi connectivity index (χ4n) is 5.35. The second-order valence-electron chi connectivity index (χ2n) is 8.66. The van der Waals surface area contributed by atoms with Gasteiger partial charge in [-0.15, -0.1) is 0 Å². The summed E-state index contributed by atoms with van der Waals surface area (Å²) in [5.74, 6) is 1.62. The Balaban J connectivity index is 1.30. The molecule has 7 heteroatoms. The molecular formula is C23H24N6O. The number of piperidine rings is 1. The highest BCUT2D eigenvalue weighted by Gasteiger charge is 2.35. The van der Waals surface area contributed by atoms with E-state index in [4.69, 9.17) is 0 Å². The van der Waals surface area contributed by atoms with Crippen LogP contribution in [0.15, 0.2) is 53.8 Å². The molecule has 0 spiro atoms. The number of aromatic amines is 1. The van der Waals surface area contributed by atoms with Gasteiger partial charge in [0.25, 0.3) is 5.56 Å². The largest absolute Gasteiger partial charge is 0.346 e. The first-order valence-electron chi connectivity index (χ1n) is 10.5. The SMILES string of the molecule is Cn1ccnc1-c1ccc2n(c1=O)C[C@H]1C[C@@H]2CN(Cc2c[nH]c3ncccc23)C1. The Morgan fingerprint density at radius 3 is 2.93 bits per heavy atom. The first-order chi connectivity index (χ1) is 14.7. The van der Waals surface area contributed by atoms with E-state index in [0.29, 0.717) is 17.4 Å². The third kappa shape index (κ3) is 2.73. The molecule has 7 nitrogen and oxygen atoms in total. The van der Waals surface area contributed by atoms with Crippen LogP contribution in [0.2, 0.25) is 0 Å². The number of pyridine rings is 2. The van der Waals surface area contributed by atoms with E-state index in [-0.39, 0.29) is 5.56 Å². The fourth-order valence-corrected chi connectivity index (χ4v) is 5.35. The second kappa shape index (κ2) is 6.67. The first-order valence-corrected chi connectivity index (χ1v) is 10.5. The molecular weight excluding hydrogens is 376 g/mol. The number of imidazole rings is 1. The quantitative estimate of drug-likeness (QED) is 0.574. The lowest BCUT2D eigenvalue weighted by Gasteiger charge is -2.43. The molecule has 4 aromatic heterocycles. The molecule has 0 aliphatic carbocycles. The van der Waals surface area contributed by atoms with Crippen molar-refractivity contribution < 1.29 is 0 Å². The molecule has 30 heavy (non-hydrogen) atoms. The van der Waals surface area contributed by atoms with E-state index in [2.05, 4.69) is 38.2 Å². The third-order valence-corrected chi connectivity index (χ3v) is 6.67. The number of aryl methyl sites for hydroxylation is 1. The summed E-state index contributed by atoms with van der Waals surface area (Å²) in [6.07, 6.45) is 8.69. The summed E-state index contributed by atoms with van der Waals surface area (Å²) in [7, 11) is 1.93. The molecule has 0 amide bonds. The van der Waals surface area contributed by atoms with Gasteiger partial charge in [-0.3, -0.25) is 9.69 Å². The minimum atomic E-state index is 0.0904. The van der Waals surface area contributed by atoms with E-state index >= 15 is 0 Å². The van der Waals surface area contributed by atoms with Crippen LogP contribution in [0.5, 0.6) is 0 Å². The number of fused-ring (bicyclic) bond motifs is 5. The van der Waals surface area contributed by atoms with Gasteiger partial charge in [-0.05, 0) is 42.2 Å². The van der Waals surface area contributed by atoms with Gasteiger partial charge in [0.2, 0.25) is 0 Å². The molecule has 2 aliphatic heterocycles. The van der Waals surface area contributed by atoms with Crippen molar-refractivity contribution in [2.24, 2.45) is 13.0 Å². The molecule has 1 N–H and O–H groups in total. The molecule has 1 saturated heterocycles. The standard InChI is InChI=1S/C23H24N6O/c1-27-8-7-25-22(27)19-4-5-20-16-9-15(12-29(20)23(19)30)11-28(13-16)14-17-10-26-21-18(17)3-2-6-24-21/h2-8,10,15-16H,9,11-14H2,1H3,(H,24,26)/t15-,16+/m0/s1. The Kier molecular flexibility index (Phi) is 3.92. The summed E-state index contributed by atoms with van der Waals surface area (Å²) in [6.45, 7) is 3.69. The Morgan fingerprint density at radius 1 is 1.13 bits per heavy atom. The number of hydrogen-bond donors (Lipinski definition) is 1. The lowest BCUT2D eigenvalue weighted by Crippen LogP contribution is -2.47. The van der Waals surface area contributed by atoms with Crippen LogP contribution < -0.4 is 5.56 Å². The summed E-state index contributed by atoms with van der Waals surface area (Å²) in [6, 6.07) is 8.23. The zero-order valence-electron chi connectivity index (χ0n) is 17.0. The topological polar surface area (TPSA) is 71.7 Å². The van der Waals surface area contributed by atoms with Crippen molar-refractivity contribution >= 4 is 11.0 Å². The van der Waals surface area contributed by atoms with Gasteiger partial charge in [0.15, 0.2) is 0 Å². The van der Waals surface area contributed by atoms with Gasteiger partial charge in [0, 0.05) is 75.0 Å². The highest BCUT2D eigenvalue weighted by atomic mass is 16.1. The number of hydrogen-bond acceptors (Lipinski definition) is 4. The third-order valence-electron chi connectivity index (χ3n) is 6.67. The van der Waals surface area contributed by atoms with Gasteiger partial charge in [0.05, 0.1) is 5.56 Å². The van der Waals surface area contributed by atoms with Crippen molar-refractivity contribution in [3.8, 4) is 11.4 Å². The summed E-state index contributed by atoms with van der Waals surface area (Å²) in [5.41, 5.74) is 4.19. The van der Waals surface area contributed by atoms with Crippen LogP contribution in [-0.2, 0) is 20.1 Å². The number of rotatable bonds is 3. The average molecular weight is 400 g/mol. The molecule has 152 valence electrons. The van der Waals surface area contributed by atoms with Gasteiger partial charge in [-0.25, -0.2) is 9.97 Å². The van der Waals surface area contributed by atoms with Crippen LogP contribution >= 0.6 is 0 Å². The molecule has 2 aliphatic rings. The van der Waals surface area contributed by atoms with E-state index < -0.39 is 0 Å². The maximum atomic E-state index is 13.3. The normalized spacial score (nSPS) is 21.1. The van der Waals surface area contributed by atoms with Gasteiger partial charge in [-0.1, -0.05) is 0 Å². The van der Waals surface area contributed by atoms with Crippen LogP contribution in [0.4, 0.5) is 0 Å². The number of H-pyrrole nitrogens is 1. The molecule has 1 fully saturated rings. The smallest absolute Gasteiger partial charge is 0.261 e. The number of nitrogens with zero attached hydrogens (tertiary/aromatic N) is 5.